The number of amides is 2. The highest BCUT2D eigenvalue weighted by atomic mass is 35.5. The Kier molecular flexibility index (Phi) is 6.72. The van der Waals surface area contributed by atoms with Gasteiger partial charge in [-0.3, -0.25) is 9.59 Å². The summed E-state index contributed by atoms with van der Waals surface area (Å²) in [6.45, 7) is 0. The molecule has 0 radical (unpaired) electrons. The third-order valence-corrected chi connectivity index (χ3v) is 5.96. The summed E-state index contributed by atoms with van der Waals surface area (Å²) in [5.74, 6) is -1.24. The van der Waals surface area contributed by atoms with Crippen molar-refractivity contribution >= 4 is 34.3 Å². The highest BCUT2D eigenvalue weighted by Crippen LogP contribution is 2.20. The van der Waals surface area contributed by atoms with Gasteiger partial charge in [-0.15, -0.1) is 0 Å². The van der Waals surface area contributed by atoms with E-state index in [0.717, 1.165) is 18.2 Å². The molecule has 7 nitrogen and oxygen atoms in total. The molecule has 1 aromatic carbocycles. The van der Waals surface area contributed by atoms with Crippen LogP contribution in [0.1, 0.15) is 41.7 Å². The van der Waals surface area contributed by atoms with Crippen molar-refractivity contribution in [2.24, 2.45) is 0 Å². The SMILES string of the molecule is O=C(N[C@@H](Cc1ccc(F)cc1)C(=O)NC1CCCC[C@H]1O)c1cc2cc(Cl)ncc2[nH]1. The molecule has 2 heterocycles. The zero-order valence-corrected chi connectivity index (χ0v) is 18.0. The summed E-state index contributed by atoms with van der Waals surface area (Å²) in [4.78, 5) is 33.0. The number of benzene rings is 1. The van der Waals surface area contributed by atoms with Crippen LogP contribution < -0.4 is 10.6 Å². The number of rotatable bonds is 6. The number of aliphatic hydroxyl groups is 1. The largest absolute Gasteiger partial charge is 0.391 e. The van der Waals surface area contributed by atoms with Gasteiger partial charge in [0, 0.05) is 11.8 Å². The summed E-state index contributed by atoms with van der Waals surface area (Å²) < 4.78 is 13.3. The summed E-state index contributed by atoms with van der Waals surface area (Å²) in [5, 5.41) is 16.9. The predicted molar refractivity (Wildman–Crippen MR) is 119 cm³/mol. The second kappa shape index (κ2) is 9.67. The van der Waals surface area contributed by atoms with E-state index in [1.54, 1.807) is 24.3 Å². The number of pyridine rings is 1. The molecule has 1 aliphatic rings. The van der Waals surface area contributed by atoms with E-state index in [2.05, 4.69) is 20.6 Å². The maximum Gasteiger partial charge on any atom is 0.268 e. The molecule has 3 atom stereocenters. The van der Waals surface area contributed by atoms with Gasteiger partial charge in [0.15, 0.2) is 0 Å². The van der Waals surface area contributed by atoms with Crippen LogP contribution >= 0.6 is 11.6 Å². The van der Waals surface area contributed by atoms with Gasteiger partial charge in [-0.1, -0.05) is 36.6 Å². The minimum absolute atomic E-state index is 0.175. The zero-order chi connectivity index (χ0) is 22.7. The molecule has 1 aliphatic carbocycles. The van der Waals surface area contributed by atoms with E-state index in [0.29, 0.717) is 29.1 Å². The molecule has 0 saturated heterocycles. The number of carbonyl (C=O) groups excluding carboxylic acids is 2. The van der Waals surface area contributed by atoms with Crippen molar-refractivity contribution in [3.63, 3.8) is 0 Å². The number of fused-ring (bicyclic) bond motifs is 1. The van der Waals surface area contributed by atoms with Gasteiger partial charge < -0.3 is 20.7 Å². The first kappa shape index (κ1) is 22.2. The fraction of sp³-hybridized carbons (Fsp3) is 0.348. The molecule has 2 aromatic heterocycles. The Morgan fingerprint density at radius 2 is 1.97 bits per heavy atom. The topological polar surface area (TPSA) is 107 Å². The molecule has 3 aromatic rings. The van der Waals surface area contributed by atoms with Gasteiger partial charge in [-0.25, -0.2) is 9.37 Å². The molecule has 32 heavy (non-hydrogen) atoms. The third kappa shape index (κ3) is 5.26. The van der Waals surface area contributed by atoms with Crippen LogP contribution in [0.3, 0.4) is 0 Å². The lowest BCUT2D eigenvalue weighted by molar-refractivity contribution is -0.124. The molecule has 2 amide bonds. The van der Waals surface area contributed by atoms with Gasteiger partial charge in [-0.2, -0.15) is 0 Å². The average Bonchev–Trinajstić information content (AvgIpc) is 3.19. The maximum atomic E-state index is 13.3. The number of carbonyl (C=O) groups is 2. The van der Waals surface area contributed by atoms with Gasteiger partial charge in [0.1, 0.15) is 22.7 Å². The van der Waals surface area contributed by atoms with Gasteiger partial charge in [0.25, 0.3) is 5.91 Å². The van der Waals surface area contributed by atoms with E-state index in [1.807, 2.05) is 0 Å². The Morgan fingerprint density at radius 1 is 1.22 bits per heavy atom. The second-order valence-electron chi connectivity index (χ2n) is 8.10. The van der Waals surface area contributed by atoms with Crippen LogP contribution in [-0.2, 0) is 11.2 Å². The van der Waals surface area contributed by atoms with E-state index in [9.17, 15) is 19.1 Å². The smallest absolute Gasteiger partial charge is 0.268 e. The third-order valence-electron chi connectivity index (χ3n) is 5.75. The number of hydrogen-bond acceptors (Lipinski definition) is 4. The lowest BCUT2D eigenvalue weighted by Crippen LogP contribution is -2.54. The lowest BCUT2D eigenvalue weighted by atomic mass is 9.92. The van der Waals surface area contributed by atoms with Crippen molar-refractivity contribution in [1.82, 2.24) is 20.6 Å². The summed E-state index contributed by atoms with van der Waals surface area (Å²) >= 11 is 5.91. The van der Waals surface area contributed by atoms with E-state index >= 15 is 0 Å². The standard InChI is InChI=1S/C23H24ClFN4O3/c24-21-11-14-10-18(27-19(14)12-26-21)23(32)29-17(9-13-5-7-15(25)8-6-13)22(31)28-16-3-1-2-4-20(16)30/h5-8,10-12,16-17,20,27,30H,1-4,9H2,(H,28,31)(H,29,32)/t16?,17-,20+/m0/s1. The number of halogens is 2. The van der Waals surface area contributed by atoms with Crippen molar-refractivity contribution in [2.75, 3.05) is 0 Å². The molecule has 1 unspecified atom stereocenters. The number of H-pyrrole nitrogens is 1. The Labute approximate surface area is 189 Å². The number of aromatic amines is 1. The molecule has 4 N–H and O–H groups in total. The number of aromatic nitrogens is 2. The Hall–Kier alpha value is -2.97. The monoisotopic (exact) mass is 458 g/mol. The van der Waals surface area contributed by atoms with Crippen LogP contribution in [0.4, 0.5) is 4.39 Å². The quantitative estimate of drug-likeness (QED) is 0.426. The first-order chi connectivity index (χ1) is 15.4. The van der Waals surface area contributed by atoms with Gasteiger partial charge in [0.05, 0.1) is 23.9 Å². The predicted octanol–water partition coefficient (Wildman–Crippen LogP) is 3.12. The number of hydrogen-bond donors (Lipinski definition) is 4. The van der Waals surface area contributed by atoms with E-state index in [4.69, 9.17) is 11.6 Å². The Bertz CT molecular complexity index is 1120. The van der Waals surface area contributed by atoms with Crippen molar-refractivity contribution in [3.8, 4) is 0 Å². The fourth-order valence-corrected chi connectivity index (χ4v) is 4.16. The van der Waals surface area contributed by atoms with Gasteiger partial charge >= 0.3 is 0 Å². The van der Waals surface area contributed by atoms with Gasteiger partial charge in [-0.05, 0) is 42.7 Å². The normalized spacial score (nSPS) is 19.5. The van der Waals surface area contributed by atoms with Crippen molar-refractivity contribution in [3.05, 3.63) is 64.8 Å². The van der Waals surface area contributed by atoms with E-state index in [-0.39, 0.29) is 24.0 Å². The number of nitrogens with zero attached hydrogens (tertiary/aromatic N) is 1. The van der Waals surface area contributed by atoms with Crippen molar-refractivity contribution < 1.29 is 19.1 Å². The molecule has 1 fully saturated rings. The fourth-order valence-electron chi connectivity index (χ4n) is 3.99. The first-order valence-corrected chi connectivity index (χ1v) is 10.9. The summed E-state index contributed by atoms with van der Waals surface area (Å²) in [7, 11) is 0. The zero-order valence-electron chi connectivity index (χ0n) is 17.3. The molecule has 0 aliphatic heterocycles. The van der Waals surface area contributed by atoms with Crippen LogP contribution in [-0.4, -0.2) is 45.1 Å². The molecule has 1 saturated carbocycles. The van der Waals surface area contributed by atoms with Crippen molar-refractivity contribution in [2.45, 2.75) is 50.3 Å². The lowest BCUT2D eigenvalue weighted by Gasteiger charge is -2.30. The second-order valence-corrected chi connectivity index (χ2v) is 8.49. The highest BCUT2D eigenvalue weighted by Gasteiger charge is 2.29. The van der Waals surface area contributed by atoms with Crippen LogP contribution in [0.25, 0.3) is 10.9 Å². The molecule has 4 rings (SSSR count). The first-order valence-electron chi connectivity index (χ1n) is 10.6. The van der Waals surface area contributed by atoms with E-state index < -0.39 is 24.0 Å². The minimum Gasteiger partial charge on any atom is -0.391 e. The minimum atomic E-state index is -0.907. The number of aliphatic hydroxyl groups excluding tert-OH is 1. The highest BCUT2D eigenvalue weighted by molar-refractivity contribution is 6.30. The Balaban J connectivity index is 1.53. The molecule has 168 valence electrons. The van der Waals surface area contributed by atoms with Crippen LogP contribution in [0.15, 0.2) is 42.6 Å². The van der Waals surface area contributed by atoms with Crippen LogP contribution in [0.2, 0.25) is 5.15 Å². The summed E-state index contributed by atoms with van der Waals surface area (Å²) in [5.41, 5.74) is 1.60. The maximum absolute atomic E-state index is 13.3. The molecule has 0 bridgehead atoms. The van der Waals surface area contributed by atoms with Crippen LogP contribution in [0.5, 0.6) is 0 Å². The summed E-state index contributed by atoms with van der Waals surface area (Å²) in [6, 6.07) is 7.78. The number of nitrogens with one attached hydrogen (secondary N) is 3. The molecule has 9 heteroatoms. The summed E-state index contributed by atoms with van der Waals surface area (Å²) in [6.07, 6.45) is 4.24. The Morgan fingerprint density at radius 3 is 2.72 bits per heavy atom. The van der Waals surface area contributed by atoms with Crippen LogP contribution in [0, 0.1) is 5.82 Å². The van der Waals surface area contributed by atoms with E-state index in [1.165, 1.54) is 18.3 Å². The molecular weight excluding hydrogens is 435 g/mol. The van der Waals surface area contributed by atoms with Gasteiger partial charge in [0.2, 0.25) is 5.91 Å². The van der Waals surface area contributed by atoms with Crippen molar-refractivity contribution in [1.29, 1.82) is 0 Å². The molecular formula is C23H24ClFN4O3. The average molecular weight is 459 g/mol. The molecule has 0 spiro atoms.